The van der Waals surface area contributed by atoms with Crippen molar-refractivity contribution < 1.29 is 14.3 Å². The topological polar surface area (TPSA) is 50.8 Å². The van der Waals surface area contributed by atoms with E-state index in [1.165, 1.54) is 4.88 Å². The molecule has 0 bridgehead atoms. The number of amides is 1. The summed E-state index contributed by atoms with van der Waals surface area (Å²) in [6.45, 7) is 5.27. The molecule has 5 nitrogen and oxygen atoms in total. The van der Waals surface area contributed by atoms with E-state index in [4.69, 9.17) is 9.47 Å². The maximum Gasteiger partial charge on any atom is 0.255 e. The molecule has 1 aromatic heterocycles. The van der Waals surface area contributed by atoms with Crippen LogP contribution >= 0.6 is 11.3 Å². The minimum atomic E-state index is -0.111. The number of carbonyl (C=O) groups excluding carboxylic acids is 1. The molecule has 1 saturated heterocycles. The summed E-state index contributed by atoms with van der Waals surface area (Å²) in [6, 6.07) is 11.6. The SMILES string of the molecule is COc1ccccc1C(=O)N[C@H](C)[C@H](c1cccs1)N1CCOCC1. The Morgan fingerprint density at radius 3 is 2.68 bits per heavy atom. The third kappa shape index (κ3) is 4.21. The first-order valence-corrected chi connectivity index (χ1v) is 9.37. The Balaban J connectivity index is 1.78. The summed E-state index contributed by atoms with van der Waals surface area (Å²) < 4.78 is 10.8. The van der Waals surface area contributed by atoms with E-state index in [2.05, 4.69) is 34.7 Å². The predicted molar refractivity (Wildman–Crippen MR) is 99.4 cm³/mol. The zero-order chi connectivity index (χ0) is 17.6. The second-order valence-electron chi connectivity index (χ2n) is 6.07. The molecule has 1 aliphatic rings. The van der Waals surface area contributed by atoms with Gasteiger partial charge in [-0.15, -0.1) is 11.3 Å². The minimum absolute atomic E-state index is 0.0332. The van der Waals surface area contributed by atoms with Crippen molar-refractivity contribution >= 4 is 17.2 Å². The largest absolute Gasteiger partial charge is 0.496 e. The average molecular weight is 360 g/mol. The molecule has 0 spiro atoms. The van der Waals surface area contributed by atoms with E-state index in [0.717, 1.165) is 26.3 Å². The summed E-state index contributed by atoms with van der Waals surface area (Å²) in [7, 11) is 1.58. The molecule has 134 valence electrons. The number of benzene rings is 1. The number of methoxy groups -OCH3 is 1. The average Bonchev–Trinajstić information content (AvgIpc) is 3.16. The lowest BCUT2D eigenvalue weighted by Gasteiger charge is -2.37. The predicted octanol–water partition coefficient (Wildman–Crippen LogP) is 2.95. The first kappa shape index (κ1) is 17.9. The van der Waals surface area contributed by atoms with Crippen LogP contribution < -0.4 is 10.1 Å². The van der Waals surface area contributed by atoms with Crippen molar-refractivity contribution in [1.82, 2.24) is 10.2 Å². The van der Waals surface area contributed by atoms with Crippen molar-refractivity contribution in [3.05, 3.63) is 52.2 Å². The number of nitrogens with zero attached hydrogens (tertiary/aromatic N) is 1. The summed E-state index contributed by atoms with van der Waals surface area (Å²) >= 11 is 1.73. The lowest BCUT2D eigenvalue weighted by Crippen LogP contribution is -2.48. The highest BCUT2D eigenvalue weighted by molar-refractivity contribution is 7.10. The van der Waals surface area contributed by atoms with Crippen LogP contribution in [0.4, 0.5) is 0 Å². The molecule has 1 aliphatic heterocycles. The smallest absolute Gasteiger partial charge is 0.255 e. The number of rotatable bonds is 6. The molecule has 2 atom stereocenters. The maximum absolute atomic E-state index is 12.8. The molecular formula is C19H24N2O3S. The highest BCUT2D eigenvalue weighted by Crippen LogP contribution is 2.29. The zero-order valence-electron chi connectivity index (χ0n) is 14.6. The molecule has 3 rings (SSSR count). The Labute approximate surface area is 152 Å². The summed E-state index contributed by atoms with van der Waals surface area (Å²) in [4.78, 5) is 16.4. The van der Waals surface area contributed by atoms with Crippen LogP contribution in [0.1, 0.15) is 28.2 Å². The Morgan fingerprint density at radius 2 is 2.00 bits per heavy atom. The van der Waals surface area contributed by atoms with E-state index >= 15 is 0 Å². The van der Waals surface area contributed by atoms with Gasteiger partial charge in [-0.1, -0.05) is 18.2 Å². The molecule has 0 radical (unpaired) electrons. The van der Waals surface area contributed by atoms with Gasteiger partial charge in [0.2, 0.25) is 0 Å². The van der Waals surface area contributed by atoms with E-state index < -0.39 is 0 Å². The molecule has 25 heavy (non-hydrogen) atoms. The van der Waals surface area contributed by atoms with Crippen LogP contribution in [0.25, 0.3) is 0 Å². The van der Waals surface area contributed by atoms with Gasteiger partial charge in [-0.25, -0.2) is 0 Å². The number of ether oxygens (including phenoxy) is 2. The zero-order valence-corrected chi connectivity index (χ0v) is 15.4. The fourth-order valence-corrected chi connectivity index (χ4v) is 4.22. The molecule has 0 unspecified atom stereocenters. The van der Waals surface area contributed by atoms with Crippen LogP contribution in [0, 0.1) is 0 Å². The first-order chi connectivity index (χ1) is 12.2. The van der Waals surface area contributed by atoms with Gasteiger partial charge in [0, 0.05) is 24.0 Å². The van der Waals surface area contributed by atoms with Crippen LogP contribution in [0.3, 0.4) is 0 Å². The Kier molecular flexibility index (Phi) is 6.07. The van der Waals surface area contributed by atoms with Crippen LogP contribution in [0.5, 0.6) is 5.75 Å². The van der Waals surface area contributed by atoms with Gasteiger partial charge in [0.1, 0.15) is 5.75 Å². The quantitative estimate of drug-likeness (QED) is 0.861. The number of hydrogen-bond donors (Lipinski definition) is 1. The standard InChI is InChI=1S/C19H24N2O3S/c1-14(20-19(22)15-6-3-4-7-16(15)23-2)18(17-8-5-13-25-17)21-9-11-24-12-10-21/h3-8,13-14,18H,9-12H2,1-2H3,(H,20,22)/t14-,18-/m1/s1. The normalized spacial score (nSPS) is 17.7. The fourth-order valence-electron chi connectivity index (χ4n) is 3.25. The van der Waals surface area contributed by atoms with Gasteiger partial charge in [0.25, 0.3) is 5.91 Å². The number of morpholine rings is 1. The third-order valence-electron chi connectivity index (χ3n) is 4.46. The molecule has 1 amide bonds. The summed E-state index contributed by atoms with van der Waals surface area (Å²) in [5.74, 6) is 0.478. The van der Waals surface area contributed by atoms with Crippen molar-refractivity contribution in [2.45, 2.75) is 19.0 Å². The molecule has 0 aliphatic carbocycles. The van der Waals surface area contributed by atoms with Crippen LogP contribution in [-0.2, 0) is 4.74 Å². The molecule has 2 aromatic rings. The number of hydrogen-bond acceptors (Lipinski definition) is 5. The van der Waals surface area contributed by atoms with E-state index in [1.54, 1.807) is 30.6 Å². The maximum atomic E-state index is 12.8. The number of para-hydroxylation sites is 1. The van der Waals surface area contributed by atoms with Crippen LogP contribution in [0.2, 0.25) is 0 Å². The Bertz CT molecular complexity index is 684. The second kappa shape index (κ2) is 8.47. The van der Waals surface area contributed by atoms with Crippen molar-refractivity contribution in [3.8, 4) is 5.75 Å². The Morgan fingerprint density at radius 1 is 1.24 bits per heavy atom. The van der Waals surface area contributed by atoms with E-state index in [1.807, 2.05) is 12.1 Å². The molecule has 0 saturated carbocycles. The molecule has 1 aromatic carbocycles. The van der Waals surface area contributed by atoms with Crippen molar-refractivity contribution in [1.29, 1.82) is 0 Å². The molecular weight excluding hydrogens is 336 g/mol. The van der Waals surface area contributed by atoms with Gasteiger partial charge >= 0.3 is 0 Å². The van der Waals surface area contributed by atoms with Crippen LogP contribution in [0.15, 0.2) is 41.8 Å². The van der Waals surface area contributed by atoms with E-state index in [0.29, 0.717) is 11.3 Å². The van der Waals surface area contributed by atoms with Crippen LogP contribution in [-0.4, -0.2) is 50.3 Å². The summed E-state index contributed by atoms with van der Waals surface area (Å²) in [5, 5.41) is 5.24. The lowest BCUT2D eigenvalue weighted by molar-refractivity contribution is 0.00969. The number of nitrogens with one attached hydrogen (secondary N) is 1. The number of thiophene rings is 1. The highest BCUT2D eigenvalue weighted by Gasteiger charge is 2.30. The van der Waals surface area contributed by atoms with Crippen molar-refractivity contribution in [2.75, 3.05) is 33.4 Å². The molecule has 1 fully saturated rings. The van der Waals surface area contributed by atoms with Gasteiger partial charge in [-0.05, 0) is 30.5 Å². The van der Waals surface area contributed by atoms with Gasteiger partial charge in [-0.2, -0.15) is 0 Å². The minimum Gasteiger partial charge on any atom is -0.496 e. The van der Waals surface area contributed by atoms with Gasteiger partial charge in [0.15, 0.2) is 0 Å². The lowest BCUT2D eigenvalue weighted by atomic mass is 10.0. The fraction of sp³-hybridized carbons (Fsp3) is 0.421. The van der Waals surface area contributed by atoms with Gasteiger partial charge in [-0.3, -0.25) is 9.69 Å². The van der Waals surface area contributed by atoms with E-state index in [9.17, 15) is 4.79 Å². The van der Waals surface area contributed by atoms with Gasteiger partial charge < -0.3 is 14.8 Å². The van der Waals surface area contributed by atoms with Gasteiger partial charge in [0.05, 0.1) is 31.9 Å². The highest BCUT2D eigenvalue weighted by atomic mass is 32.1. The second-order valence-corrected chi connectivity index (χ2v) is 7.05. The number of carbonyl (C=O) groups is 1. The monoisotopic (exact) mass is 360 g/mol. The summed E-state index contributed by atoms with van der Waals surface area (Å²) in [6.07, 6.45) is 0. The third-order valence-corrected chi connectivity index (χ3v) is 5.40. The Hall–Kier alpha value is -1.89. The van der Waals surface area contributed by atoms with Crippen molar-refractivity contribution in [2.24, 2.45) is 0 Å². The molecule has 6 heteroatoms. The molecule has 1 N–H and O–H groups in total. The molecule has 2 heterocycles. The summed E-state index contributed by atoms with van der Waals surface area (Å²) in [5.41, 5.74) is 0.559. The van der Waals surface area contributed by atoms with Crippen molar-refractivity contribution in [3.63, 3.8) is 0 Å². The first-order valence-electron chi connectivity index (χ1n) is 8.50. The van der Waals surface area contributed by atoms with E-state index in [-0.39, 0.29) is 18.0 Å².